The SMILES string of the molecule is C[C@@H](C(=O)NCc1ccccc1)n1nc(-c2ccccc2)c2cc(Cl)ccc21. The molecule has 4 nitrogen and oxygen atoms in total. The molecule has 0 aliphatic carbocycles. The van der Waals surface area contributed by atoms with Gasteiger partial charge >= 0.3 is 0 Å². The summed E-state index contributed by atoms with van der Waals surface area (Å²) < 4.78 is 1.77. The lowest BCUT2D eigenvalue weighted by Crippen LogP contribution is -2.31. The van der Waals surface area contributed by atoms with Crippen molar-refractivity contribution in [1.29, 1.82) is 0 Å². The summed E-state index contributed by atoms with van der Waals surface area (Å²) in [5.74, 6) is -0.0807. The van der Waals surface area contributed by atoms with Crippen LogP contribution in [0.1, 0.15) is 18.5 Å². The van der Waals surface area contributed by atoms with Gasteiger partial charge in [0, 0.05) is 22.5 Å². The summed E-state index contributed by atoms with van der Waals surface area (Å²) in [4.78, 5) is 12.8. The predicted octanol–water partition coefficient (Wildman–Crippen LogP) is 5.23. The van der Waals surface area contributed by atoms with Crippen molar-refractivity contribution in [2.24, 2.45) is 0 Å². The highest BCUT2D eigenvalue weighted by molar-refractivity contribution is 6.31. The van der Waals surface area contributed by atoms with Gasteiger partial charge < -0.3 is 5.32 Å². The summed E-state index contributed by atoms with van der Waals surface area (Å²) in [7, 11) is 0. The number of hydrogen-bond donors (Lipinski definition) is 1. The lowest BCUT2D eigenvalue weighted by atomic mass is 10.1. The van der Waals surface area contributed by atoms with Gasteiger partial charge in [0.1, 0.15) is 11.7 Å². The van der Waals surface area contributed by atoms with Crippen molar-refractivity contribution in [1.82, 2.24) is 15.1 Å². The van der Waals surface area contributed by atoms with E-state index >= 15 is 0 Å². The molecular weight excluding hydrogens is 370 g/mol. The molecule has 4 rings (SSSR count). The summed E-state index contributed by atoms with van der Waals surface area (Å²) in [6.07, 6.45) is 0. The fourth-order valence-corrected chi connectivity index (χ4v) is 3.43. The Balaban J connectivity index is 1.67. The average molecular weight is 390 g/mol. The van der Waals surface area contributed by atoms with Crippen LogP contribution < -0.4 is 5.32 Å². The van der Waals surface area contributed by atoms with E-state index < -0.39 is 6.04 Å². The molecule has 0 aliphatic heterocycles. The third-order valence-corrected chi connectivity index (χ3v) is 5.01. The van der Waals surface area contributed by atoms with E-state index in [0.29, 0.717) is 11.6 Å². The second-order valence-corrected chi connectivity index (χ2v) is 7.14. The van der Waals surface area contributed by atoms with Crippen molar-refractivity contribution >= 4 is 28.4 Å². The summed E-state index contributed by atoms with van der Waals surface area (Å²) >= 11 is 6.23. The molecule has 3 aromatic carbocycles. The van der Waals surface area contributed by atoms with E-state index in [0.717, 1.165) is 27.7 Å². The zero-order chi connectivity index (χ0) is 19.5. The lowest BCUT2D eigenvalue weighted by molar-refractivity contribution is -0.124. The van der Waals surface area contributed by atoms with E-state index in [2.05, 4.69) is 5.32 Å². The number of halogens is 1. The van der Waals surface area contributed by atoms with E-state index in [9.17, 15) is 4.79 Å². The van der Waals surface area contributed by atoms with Gasteiger partial charge in [-0.3, -0.25) is 9.48 Å². The molecule has 1 amide bonds. The van der Waals surface area contributed by atoms with Gasteiger partial charge in [0.05, 0.1) is 5.52 Å². The molecule has 0 radical (unpaired) electrons. The van der Waals surface area contributed by atoms with Crippen LogP contribution >= 0.6 is 11.6 Å². The molecule has 0 fully saturated rings. The molecule has 1 heterocycles. The normalized spacial score (nSPS) is 12.1. The Morgan fingerprint density at radius 1 is 1.04 bits per heavy atom. The van der Waals surface area contributed by atoms with Crippen LogP contribution in [0.2, 0.25) is 5.02 Å². The lowest BCUT2D eigenvalue weighted by Gasteiger charge is -2.14. The Morgan fingerprint density at radius 2 is 1.71 bits per heavy atom. The molecule has 5 heteroatoms. The van der Waals surface area contributed by atoms with Crippen molar-refractivity contribution in [3.63, 3.8) is 0 Å². The maximum atomic E-state index is 12.8. The van der Waals surface area contributed by atoms with Crippen molar-refractivity contribution in [2.75, 3.05) is 0 Å². The van der Waals surface area contributed by atoms with Crippen molar-refractivity contribution in [3.05, 3.63) is 89.4 Å². The van der Waals surface area contributed by atoms with Crippen molar-refractivity contribution < 1.29 is 4.79 Å². The highest BCUT2D eigenvalue weighted by Gasteiger charge is 2.21. The van der Waals surface area contributed by atoms with Gasteiger partial charge in [0.2, 0.25) is 5.91 Å². The Hall–Kier alpha value is -3.11. The number of benzene rings is 3. The number of carbonyl (C=O) groups is 1. The fraction of sp³-hybridized carbons (Fsp3) is 0.130. The van der Waals surface area contributed by atoms with E-state index in [4.69, 9.17) is 16.7 Å². The van der Waals surface area contributed by atoms with Crippen LogP contribution in [-0.4, -0.2) is 15.7 Å². The third-order valence-electron chi connectivity index (χ3n) is 4.77. The zero-order valence-corrected chi connectivity index (χ0v) is 16.2. The van der Waals surface area contributed by atoms with Gasteiger partial charge in [-0.05, 0) is 30.7 Å². The van der Waals surface area contributed by atoms with E-state index in [1.165, 1.54) is 0 Å². The molecule has 0 saturated heterocycles. The van der Waals surface area contributed by atoms with Crippen LogP contribution in [0.3, 0.4) is 0 Å². The number of rotatable bonds is 5. The van der Waals surface area contributed by atoms with Gasteiger partial charge in [-0.1, -0.05) is 72.3 Å². The van der Waals surface area contributed by atoms with E-state index in [-0.39, 0.29) is 5.91 Å². The maximum Gasteiger partial charge on any atom is 0.244 e. The molecule has 1 aromatic heterocycles. The first-order valence-corrected chi connectivity index (χ1v) is 9.56. The number of hydrogen-bond acceptors (Lipinski definition) is 2. The first-order valence-electron chi connectivity index (χ1n) is 9.18. The van der Waals surface area contributed by atoms with Crippen LogP contribution in [0.4, 0.5) is 0 Å². The van der Waals surface area contributed by atoms with Gasteiger partial charge in [-0.2, -0.15) is 5.10 Å². The molecule has 140 valence electrons. The van der Waals surface area contributed by atoms with E-state index in [1.807, 2.05) is 85.8 Å². The monoisotopic (exact) mass is 389 g/mol. The van der Waals surface area contributed by atoms with Gasteiger partial charge in [-0.25, -0.2) is 0 Å². The standard InChI is InChI=1S/C23H20ClN3O/c1-16(23(28)25-15-17-8-4-2-5-9-17)27-21-13-12-19(24)14-20(21)22(26-27)18-10-6-3-7-11-18/h2-14,16H,15H2,1H3,(H,25,28)/t16-/m0/s1. The topological polar surface area (TPSA) is 46.9 Å². The fourth-order valence-electron chi connectivity index (χ4n) is 3.26. The number of aromatic nitrogens is 2. The first kappa shape index (κ1) is 18.3. The largest absolute Gasteiger partial charge is 0.350 e. The minimum atomic E-state index is -0.454. The Kier molecular flexibility index (Phi) is 5.13. The first-order chi connectivity index (χ1) is 13.6. The van der Waals surface area contributed by atoms with Gasteiger partial charge in [0.25, 0.3) is 0 Å². The average Bonchev–Trinajstić information content (AvgIpc) is 3.11. The minimum Gasteiger partial charge on any atom is -0.350 e. The number of fused-ring (bicyclic) bond motifs is 1. The zero-order valence-electron chi connectivity index (χ0n) is 15.5. The summed E-state index contributed by atoms with van der Waals surface area (Å²) in [5, 5.41) is 9.35. The molecule has 1 N–H and O–H groups in total. The number of nitrogens with one attached hydrogen (secondary N) is 1. The molecule has 4 aromatic rings. The van der Waals surface area contributed by atoms with Crippen molar-refractivity contribution in [3.8, 4) is 11.3 Å². The Labute approximate surface area is 168 Å². The van der Waals surface area contributed by atoms with Gasteiger partial charge in [0.15, 0.2) is 0 Å². The van der Waals surface area contributed by atoms with Crippen LogP contribution in [0.5, 0.6) is 0 Å². The molecule has 0 saturated carbocycles. The predicted molar refractivity (Wildman–Crippen MR) is 113 cm³/mol. The van der Waals surface area contributed by atoms with Crippen LogP contribution in [0.25, 0.3) is 22.2 Å². The highest BCUT2D eigenvalue weighted by atomic mass is 35.5. The van der Waals surface area contributed by atoms with Crippen LogP contribution in [0, 0.1) is 0 Å². The molecule has 0 spiro atoms. The Morgan fingerprint density at radius 3 is 2.43 bits per heavy atom. The van der Waals surface area contributed by atoms with Crippen molar-refractivity contribution in [2.45, 2.75) is 19.5 Å². The molecule has 0 unspecified atom stereocenters. The number of amides is 1. The molecular formula is C23H20ClN3O. The quantitative estimate of drug-likeness (QED) is 0.507. The van der Waals surface area contributed by atoms with Crippen LogP contribution in [-0.2, 0) is 11.3 Å². The third kappa shape index (κ3) is 3.64. The second-order valence-electron chi connectivity index (χ2n) is 6.70. The number of carbonyl (C=O) groups excluding carboxylic acids is 1. The molecule has 0 bridgehead atoms. The smallest absolute Gasteiger partial charge is 0.244 e. The molecule has 28 heavy (non-hydrogen) atoms. The van der Waals surface area contributed by atoms with Crippen LogP contribution in [0.15, 0.2) is 78.9 Å². The molecule has 0 aliphatic rings. The molecule has 1 atom stereocenters. The van der Waals surface area contributed by atoms with E-state index in [1.54, 1.807) is 4.68 Å². The minimum absolute atomic E-state index is 0.0807. The summed E-state index contributed by atoms with van der Waals surface area (Å²) in [6, 6.07) is 25.0. The summed E-state index contributed by atoms with van der Waals surface area (Å²) in [6.45, 7) is 2.34. The van der Waals surface area contributed by atoms with Gasteiger partial charge in [-0.15, -0.1) is 0 Å². The second kappa shape index (κ2) is 7.87. The summed E-state index contributed by atoms with van der Waals surface area (Å²) in [5.41, 5.74) is 3.75. The highest BCUT2D eigenvalue weighted by Crippen LogP contribution is 2.31. The Bertz CT molecular complexity index is 1110. The maximum absolute atomic E-state index is 12.8. The number of nitrogens with zero attached hydrogens (tertiary/aromatic N) is 2.